The Morgan fingerprint density at radius 1 is 0.586 bits per heavy atom. The number of rotatable bonds is 45. The number of aliphatic hydroxyl groups excluding tert-OH is 1. The van der Waals surface area contributed by atoms with Gasteiger partial charge in [0, 0.05) is 6.42 Å². The van der Waals surface area contributed by atoms with Crippen molar-refractivity contribution in [2.24, 2.45) is 0 Å². The fraction of sp³-hybridized carbons (Fsp3) is 0.898. The molecule has 0 rings (SSSR count). The average Bonchev–Trinajstić information content (AvgIpc) is 3.17. The van der Waals surface area contributed by atoms with Gasteiger partial charge in [-0.2, -0.15) is 0 Å². The zero-order valence-corrected chi connectivity index (χ0v) is 39.9. The molecule has 0 aliphatic rings. The summed E-state index contributed by atoms with van der Waals surface area (Å²) in [5, 5.41) is 13.8. The maximum absolute atomic E-state index is 12.9. The Labute approximate surface area is 360 Å². The second-order valence-corrected chi connectivity index (χ2v) is 19.6. The summed E-state index contributed by atoms with van der Waals surface area (Å²) in [7, 11) is 1.25. The van der Waals surface area contributed by atoms with Crippen LogP contribution in [0.2, 0.25) is 0 Å². The molecule has 344 valence electrons. The van der Waals surface area contributed by atoms with E-state index in [1.54, 1.807) is 6.08 Å². The minimum atomic E-state index is -4.59. The molecule has 9 heteroatoms. The Kier molecular flexibility index (Phi) is 40.6. The molecule has 0 aliphatic heterocycles. The molecule has 0 radical (unpaired) electrons. The summed E-state index contributed by atoms with van der Waals surface area (Å²) >= 11 is 0. The van der Waals surface area contributed by atoms with Crippen molar-refractivity contribution >= 4 is 13.7 Å². The standard InChI is InChI=1S/C49H97N2O6P/c1-6-8-10-12-14-16-18-20-21-22-23-24-25-26-27-28-29-31-33-35-37-39-41-43-49(53)50-47(46-57-58(54,55)56-45-44-51(3,4)5)48(52)42-40-38-36-34-32-30-19-17-15-13-11-9-7-2/h32,34,40,42,47-48,52H,6-31,33,35-39,41,43-46H2,1-5H3,(H-,50,53,54,55)/b34-32+,42-40+/t47-,48+/m0/s1. The highest BCUT2D eigenvalue weighted by molar-refractivity contribution is 7.45. The number of unbranched alkanes of at least 4 members (excludes halogenated alkanes) is 30. The first-order chi connectivity index (χ1) is 28.0. The van der Waals surface area contributed by atoms with Gasteiger partial charge >= 0.3 is 0 Å². The number of allylic oxidation sites excluding steroid dienone is 3. The van der Waals surface area contributed by atoms with Gasteiger partial charge in [-0.25, -0.2) is 0 Å². The Morgan fingerprint density at radius 2 is 0.966 bits per heavy atom. The summed E-state index contributed by atoms with van der Waals surface area (Å²) in [6.07, 6.45) is 49.5. The molecule has 3 atom stereocenters. The molecule has 0 aromatic carbocycles. The number of quaternary nitrogens is 1. The van der Waals surface area contributed by atoms with Crippen molar-refractivity contribution < 1.29 is 32.9 Å². The summed E-state index contributed by atoms with van der Waals surface area (Å²) in [5.74, 6) is -0.204. The van der Waals surface area contributed by atoms with Crippen LogP contribution in [0.25, 0.3) is 0 Å². The predicted molar refractivity (Wildman–Crippen MR) is 247 cm³/mol. The van der Waals surface area contributed by atoms with Gasteiger partial charge in [0.05, 0.1) is 39.9 Å². The second kappa shape index (κ2) is 41.3. The number of aliphatic hydroxyl groups is 1. The molecule has 1 amide bonds. The molecule has 0 heterocycles. The van der Waals surface area contributed by atoms with E-state index in [0.29, 0.717) is 17.4 Å². The third kappa shape index (κ3) is 43.1. The predicted octanol–water partition coefficient (Wildman–Crippen LogP) is 13.5. The average molecular weight is 841 g/mol. The van der Waals surface area contributed by atoms with Crippen LogP contribution in [-0.2, 0) is 18.4 Å². The summed E-state index contributed by atoms with van der Waals surface area (Å²) in [6.45, 7) is 4.63. The van der Waals surface area contributed by atoms with Crippen molar-refractivity contribution in [3.05, 3.63) is 24.3 Å². The molecule has 0 saturated heterocycles. The van der Waals surface area contributed by atoms with Crippen LogP contribution in [0, 0.1) is 0 Å². The number of phosphoric acid groups is 1. The Morgan fingerprint density at radius 3 is 1.40 bits per heavy atom. The molecule has 0 saturated carbocycles. The molecule has 1 unspecified atom stereocenters. The smallest absolute Gasteiger partial charge is 0.268 e. The van der Waals surface area contributed by atoms with Crippen LogP contribution in [0.3, 0.4) is 0 Å². The summed E-state index contributed by atoms with van der Waals surface area (Å²) in [5.41, 5.74) is 0. The molecule has 0 aromatic rings. The third-order valence-electron chi connectivity index (χ3n) is 11.2. The topological polar surface area (TPSA) is 108 Å². The van der Waals surface area contributed by atoms with Crippen molar-refractivity contribution in [3.8, 4) is 0 Å². The Hall–Kier alpha value is -1.02. The van der Waals surface area contributed by atoms with Crippen LogP contribution in [0.1, 0.15) is 232 Å². The molecule has 0 aromatic heterocycles. The van der Waals surface area contributed by atoms with Gasteiger partial charge in [-0.3, -0.25) is 9.36 Å². The molecular weight excluding hydrogens is 744 g/mol. The summed E-state index contributed by atoms with van der Waals surface area (Å²) in [6, 6.07) is -0.898. The second-order valence-electron chi connectivity index (χ2n) is 18.2. The first-order valence-corrected chi connectivity index (χ1v) is 26.2. The van der Waals surface area contributed by atoms with Crippen molar-refractivity contribution in [3.63, 3.8) is 0 Å². The molecule has 2 N–H and O–H groups in total. The summed E-state index contributed by atoms with van der Waals surface area (Å²) in [4.78, 5) is 25.3. The van der Waals surface area contributed by atoms with Gasteiger partial charge < -0.3 is 28.8 Å². The fourth-order valence-electron chi connectivity index (χ4n) is 7.23. The van der Waals surface area contributed by atoms with Gasteiger partial charge in [0.25, 0.3) is 7.82 Å². The number of nitrogens with one attached hydrogen (secondary N) is 1. The lowest BCUT2D eigenvalue weighted by atomic mass is 10.0. The number of hydrogen-bond donors (Lipinski definition) is 2. The van der Waals surface area contributed by atoms with Crippen LogP contribution in [0.4, 0.5) is 0 Å². The van der Waals surface area contributed by atoms with Crippen LogP contribution in [0.5, 0.6) is 0 Å². The van der Waals surface area contributed by atoms with E-state index in [1.165, 1.54) is 173 Å². The zero-order valence-electron chi connectivity index (χ0n) is 39.0. The van der Waals surface area contributed by atoms with Gasteiger partial charge in [0.15, 0.2) is 0 Å². The lowest BCUT2D eigenvalue weighted by molar-refractivity contribution is -0.870. The number of carbonyl (C=O) groups excluding carboxylic acids is 1. The first kappa shape index (κ1) is 57.0. The Balaban J connectivity index is 4.24. The van der Waals surface area contributed by atoms with E-state index in [-0.39, 0.29) is 19.1 Å². The maximum Gasteiger partial charge on any atom is 0.268 e. The highest BCUT2D eigenvalue weighted by Crippen LogP contribution is 2.38. The number of hydrogen-bond acceptors (Lipinski definition) is 6. The van der Waals surface area contributed by atoms with Gasteiger partial charge in [-0.15, -0.1) is 0 Å². The first-order valence-electron chi connectivity index (χ1n) is 24.7. The monoisotopic (exact) mass is 841 g/mol. The van der Waals surface area contributed by atoms with Crippen LogP contribution >= 0.6 is 7.82 Å². The molecule has 58 heavy (non-hydrogen) atoms. The van der Waals surface area contributed by atoms with Crippen molar-refractivity contribution in [1.29, 1.82) is 0 Å². The Bertz CT molecular complexity index is 1000. The highest BCUT2D eigenvalue weighted by Gasteiger charge is 2.23. The highest BCUT2D eigenvalue weighted by atomic mass is 31.2. The van der Waals surface area contributed by atoms with E-state index in [4.69, 9.17) is 9.05 Å². The van der Waals surface area contributed by atoms with E-state index >= 15 is 0 Å². The lowest BCUT2D eigenvalue weighted by Gasteiger charge is -2.29. The number of likely N-dealkylation sites (N-methyl/N-ethyl adjacent to an activating group) is 1. The molecule has 0 spiro atoms. The van der Waals surface area contributed by atoms with Crippen molar-refractivity contribution in [2.45, 2.75) is 244 Å². The molecular formula is C49H97N2O6P. The van der Waals surface area contributed by atoms with Crippen molar-refractivity contribution in [1.82, 2.24) is 5.32 Å². The third-order valence-corrected chi connectivity index (χ3v) is 12.1. The van der Waals surface area contributed by atoms with Gasteiger partial charge in [-0.1, -0.05) is 218 Å². The molecule has 8 nitrogen and oxygen atoms in total. The van der Waals surface area contributed by atoms with Crippen LogP contribution in [-0.4, -0.2) is 68.5 Å². The molecule has 0 aliphatic carbocycles. The van der Waals surface area contributed by atoms with Gasteiger partial charge in [-0.05, 0) is 32.1 Å². The SMILES string of the molecule is CCCCCCCCC/C=C/CC/C=C/[C@@H](O)[C@H](COP(=O)([O-])OCC[N+](C)(C)C)NC(=O)CCCCCCCCCCCCCCCCCCCCCCCCC. The van der Waals surface area contributed by atoms with E-state index in [1.807, 2.05) is 27.2 Å². The largest absolute Gasteiger partial charge is 0.756 e. The zero-order chi connectivity index (χ0) is 42.8. The minimum Gasteiger partial charge on any atom is -0.756 e. The minimum absolute atomic E-state index is 0.00419. The van der Waals surface area contributed by atoms with E-state index in [2.05, 4.69) is 31.3 Å². The van der Waals surface area contributed by atoms with Crippen LogP contribution < -0.4 is 10.2 Å². The van der Waals surface area contributed by atoms with E-state index < -0.39 is 20.0 Å². The van der Waals surface area contributed by atoms with Gasteiger partial charge in [0.2, 0.25) is 5.91 Å². The normalized spacial score (nSPS) is 14.4. The van der Waals surface area contributed by atoms with Crippen molar-refractivity contribution in [2.75, 3.05) is 40.9 Å². The fourth-order valence-corrected chi connectivity index (χ4v) is 7.95. The number of phosphoric ester groups is 1. The lowest BCUT2D eigenvalue weighted by Crippen LogP contribution is -2.45. The van der Waals surface area contributed by atoms with E-state index in [0.717, 1.165) is 38.5 Å². The molecule has 0 fully saturated rings. The molecule has 0 bridgehead atoms. The van der Waals surface area contributed by atoms with E-state index in [9.17, 15) is 19.4 Å². The summed E-state index contributed by atoms with van der Waals surface area (Å²) < 4.78 is 23.2. The quantitative estimate of drug-likeness (QED) is 0.0274. The maximum atomic E-state index is 12.9. The number of nitrogens with zero attached hydrogens (tertiary/aromatic N) is 1. The number of amides is 1. The van der Waals surface area contributed by atoms with Gasteiger partial charge in [0.1, 0.15) is 13.2 Å². The number of carbonyl (C=O) groups is 1. The van der Waals surface area contributed by atoms with Crippen LogP contribution in [0.15, 0.2) is 24.3 Å².